The van der Waals surface area contributed by atoms with Crippen LogP contribution >= 0.6 is 0 Å². The Morgan fingerprint density at radius 2 is 2.14 bits per heavy atom. The third kappa shape index (κ3) is 4.23. The van der Waals surface area contributed by atoms with Gasteiger partial charge in [0.05, 0.1) is 11.9 Å². The van der Waals surface area contributed by atoms with Gasteiger partial charge in [0, 0.05) is 37.4 Å². The maximum Gasteiger partial charge on any atom is 0.0553 e. The molecule has 1 aliphatic heterocycles. The molecule has 1 unspecified atom stereocenters. The van der Waals surface area contributed by atoms with E-state index in [1.54, 1.807) is 0 Å². The molecular formula is C19H27N3. The molecule has 0 aliphatic carbocycles. The van der Waals surface area contributed by atoms with E-state index in [0.29, 0.717) is 0 Å². The molecule has 2 heterocycles. The van der Waals surface area contributed by atoms with E-state index in [9.17, 15) is 0 Å². The summed E-state index contributed by atoms with van der Waals surface area (Å²) in [5, 5.41) is 3.09. The SMILES string of the molecule is C=CC(CCC(=C)NC)c1ccc(N2CCC(=C)CC2)cn1. The van der Waals surface area contributed by atoms with Crippen LogP contribution in [0.15, 0.2) is 55.4 Å². The standard InChI is InChI=1S/C19H27N3/c1-5-17(7-6-16(3)20-4)19-9-8-18(14-21-19)22-12-10-15(2)11-13-22/h5,8-9,14,17,20H,1-3,6-7,10-13H2,4H3. The van der Waals surface area contributed by atoms with Gasteiger partial charge in [-0.05, 0) is 37.8 Å². The van der Waals surface area contributed by atoms with Crippen LogP contribution in [-0.2, 0) is 0 Å². The zero-order chi connectivity index (χ0) is 15.9. The molecule has 118 valence electrons. The molecule has 2 rings (SSSR count). The fraction of sp³-hybridized carbons (Fsp3) is 0.421. The van der Waals surface area contributed by atoms with Gasteiger partial charge in [0.1, 0.15) is 0 Å². The van der Waals surface area contributed by atoms with E-state index >= 15 is 0 Å². The second-order valence-corrected chi connectivity index (χ2v) is 5.91. The highest BCUT2D eigenvalue weighted by Crippen LogP contribution is 2.25. The quantitative estimate of drug-likeness (QED) is 0.770. The van der Waals surface area contributed by atoms with Gasteiger partial charge in [-0.15, -0.1) is 6.58 Å². The van der Waals surface area contributed by atoms with Crippen molar-refractivity contribution in [1.82, 2.24) is 10.3 Å². The van der Waals surface area contributed by atoms with Crippen LogP contribution in [-0.4, -0.2) is 25.1 Å². The number of allylic oxidation sites excluding steroid dienone is 2. The molecule has 22 heavy (non-hydrogen) atoms. The number of anilines is 1. The monoisotopic (exact) mass is 297 g/mol. The number of nitrogens with one attached hydrogen (secondary N) is 1. The van der Waals surface area contributed by atoms with Gasteiger partial charge < -0.3 is 10.2 Å². The summed E-state index contributed by atoms with van der Waals surface area (Å²) in [7, 11) is 1.91. The van der Waals surface area contributed by atoms with Gasteiger partial charge in [0.25, 0.3) is 0 Å². The summed E-state index contributed by atoms with van der Waals surface area (Å²) in [6.45, 7) is 14.1. The highest BCUT2D eigenvalue weighted by atomic mass is 15.1. The van der Waals surface area contributed by atoms with Gasteiger partial charge in [-0.25, -0.2) is 0 Å². The van der Waals surface area contributed by atoms with Crippen LogP contribution in [0.3, 0.4) is 0 Å². The predicted molar refractivity (Wildman–Crippen MR) is 95.2 cm³/mol. The van der Waals surface area contributed by atoms with E-state index in [-0.39, 0.29) is 5.92 Å². The fourth-order valence-electron chi connectivity index (χ4n) is 2.73. The second kappa shape index (κ2) is 7.83. The molecular weight excluding hydrogens is 270 g/mol. The summed E-state index contributed by atoms with van der Waals surface area (Å²) in [5.74, 6) is 0.278. The summed E-state index contributed by atoms with van der Waals surface area (Å²) >= 11 is 0. The third-order valence-electron chi connectivity index (χ3n) is 4.38. The maximum atomic E-state index is 4.66. The fourth-order valence-corrected chi connectivity index (χ4v) is 2.73. The van der Waals surface area contributed by atoms with E-state index < -0.39 is 0 Å². The minimum absolute atomic E-state index is 0.278. The minimum Gasteiger partial charge on any atom is -0.392 e. The number of pyridine rings is 1. The predicted octanol–water partition coefficient (Wildman–Crippen LogP) is 4.02. The lowest BCUT2D eigenvalue weighted by molar-refractivity contribution is 0.677. The van der Waals surface area contributed by atoms with Crippen LogP contribution < -0.4 is 10.2 Å². The lowest BCUT2D eigenvalue weighted by Crippen LogP contribution is -2.30. The van der Waals surface area contributed by atoms with Gasteiger partial charge in [-0.3, -0.25) is 4.98 Å². The van der Waals surface area contributed by atoms with E-state index in [1.807, 2.05) is 19.3 Å². The summed E-state index contributed by atoms with van der Waals surface area (Å²) in [5.41, 5.74) is 4.71. The molecule has 0 amide bonds. The minimum atomic E-state index is 0.278. The Balaban J connectivity index is 1.98. The second-order valence-electron chi connectivity index (χ2n) is 5.91. The average Bonchev–Trinajstić information content (AvgIpc) is 2.56. The van der Waals surface area contributed by atoms with Crippen molar-refractivity contribution in [2.45, 2.75) is 31.6 Å². The van der Waals surface area contributed by atoms with Crippen molar-refractivity contribution in [3.8, 4) is 0 Å². The molecule has 1 aliphatic rings. The Morgan fingerprint density at radius 3 is 2.68 bits per heavy atom. The number of aromatic nitrogens is 1. The first-order chi connectivity index (χ1) is 10.6. The summed E-state index contributed by atoms with van der Waals surface area (Å²) < 4.78 is 0. The van der Waals surface area contributed by atoms with E-state index in [1.165, 1.54) is 11.3 Å². The molecule has 0 bridgehead atoms. The summed E-state index contributed by atoms with van der Waals surface area (Å²) in [6.07, 6.45) is 8.07. The molecule has 1 fully saturated rings. The first-order valence-corrected chi connectivity index (χ1v) is 7.99. The first kappa shape index (κ1) is 16.3. The molecule has 1 saturated heterocycles. The Bertz CT molecular complexity index is 520. The normalized spacial score (nSPS) is 16.2. The van der Waals surface area contributed by atoms with Gasteiger partial charge in [-0.2, -0.15) is 0 Å². The Kier molecular flexibility index (Phi) is 5.82. The molecule has 1 aromatic heterocycles. The topological polar surface area (TPSA) is 28.2 Å². The van der Waals surface area contributed by atoms with E-state index in [4.69, 9.17) is 0 Å². The lowest BCUT2D eigenvalue weighted by Gasteiger charge is -2.30. The zero-order valence-electron chi connectivity index (χ0n) is 13.6. The third-order valence-corrected chi connectivity index (χ3v) is 4.38. The van der Waals surface area contributed by atoms with Crippen LogP contribution in [0.4, 0.5) is 5.69 Å². The molecule has 3 nitrogen and oxygen atoms in total. The van der Waals surface area contributed by atoms with E-state index in [2.05, 4.69) is 47.1 Å². The highest BCUT2D eigenvalue weighted by Gasteiger charge is 2.15. The number of rotatable bonds is 7. The van der Waals surface area contributed by atoms with Crippen molar-refractivity contribution in [3.63, 3.8) is 0 Å². The van der Waals surface area contributed by atoms with Gasteiger partial charge in [0.15, 0.2) is 0 Å². The molecule has 0 spiro atoms. The largest absolute Gasteiger partial charge is 0.392 e. The molecule has 3 heteroatoms. The maximum absolute atomic E-state index is 4.66. The molecule has 0 radical (unpaired) electrons. The molecule has 0 saturated carbocycles. The van der Waals surface area contributed by atoms with E-state index in [0.717, 1.165) is 50.2 Å². The van der Waals surface area contributed by atoms with Crippen LogP contribution in [0.25, 0.3) is 0 Å². The van der Waals surface area contributed by atoms with Crippen LogP contribution in [0.2, 0.25) is 0 Å². The average molecular weight is 297 g/mol. The summed E-state index contributed by atoms with van der Waals surface area (Å²) in [4.78, 5) is 7.05. The van der Waals surface area contributed by atoms with Crippen molar-refractivity contribution in [2.24, 2.45) is 0 Å². The molecule has 1 atom stereocenters. The Labute approximate surface area is 134 Å². The van der Waals surface area contributed by atoms with Gasteiger partial charge in [-0.1, -0.05) is 24.8 Å². The number of nitrogens with zero attached hydrogens (tertiary/aromatic N) is 2. The smallest absolute Gasteiger partial charge is 0.0553 e. The molecule has 0 aromatic carbocycles. The number of hydrogen-bond donors (Lipinski definition) is 1. The van der Waals surface area contributed by atoms with Crippen molar-refractivity contribution < 1.29 is 0 Å². The van der Waals surface area contributed by atoms with Crippen LogP contribution in [0, 0.1) is 0 Å². The van der Waals surface area contributed by atoms with Gasteiger partial charge in [0.2, 0.25) is 0 Å². The first-order valence-electron chi connectivity index (χ1n) is 7.99. The zero-order valence-corrected chi connectivity index (χ0v) is 13.6. The van der Waals surface area contributed by atoms with Crippen molar-refractivity contribution in [1.29, 1.82) is 0 Å². The van der Waals surface area contributed by atoms with Crippen molar-refractivity contribution in [2.75, 3.05) is 25.0 Å². The Hall–Kier alpha value is -2.03. The lowest BCUT2D eigenvalue weighted by atomic mass is 9.98. The van der Waals surface area contributed by atoms with Crippen LogP contribution in [0.5, 0.6) is 0 Å². The summed E-state index contributed by atoms with van der Waals surface area (Å²) in [6, 6.07) is 4.31. The Morgan fingerprint density at radius 1 is 1.41 bits per heavy atom. The van der Waals surface area contributed by atoms with Crippen molar-refractivity contribution >= 4 is 5.69 Å². The number of piperidine rings is 1. The van der Waals surface area contributed by atoms with Gasteiger partial charge >= 0.3 is 0 Å². The number of hydrogen-bond acceptors (Lipinski definition) is 3. The van der Waals surface area contributed by atoms with Crippen LogP contribution in [0.1, 0.15) is 37.3 Å². The van der Waals surface area contributed by atoms with Crippen molar-refractivity contribution in [3.05, 3.63) is 61.1 Å². The molecule has 1 aromatic rings. The molecule has 1 N–H and O–H groups in total. The highest BCUT2D eigenvalue weighted by molar-refractivity contribution is 5.46.